The maximum Gasteiger partial charge on any atom is 0.266 e. The molecule has 74 valence electrons. The Morgan fingerprint density at radius 2 is 2.00 bits per heavy atom. The van der Waals surface area contributed by atoms with E-state index in [9.17, 15) is 13.2 Å². The van der Waals surface area contributed by atoms with Gasteiger partial charge in [-0.1, -0.05) is 6.07 Å². The van der Waals surface area contributed by atoms with Crippen LogP contribution in [-0.4, -0.2) is 0 Å². The highest BCUT2D eigenvalue weighted by Crippen LogP contribution is 2.25. The molecule has 1 nitrogen and oxygen atoms in total. The van der Waals surface area contributed by atoms with Crippen LogP contribution in [0.15, 0.2) is 18.2 Å². The molecular weight excluding hydrogens is 191 g/mol. The minimum Gasteiger partial charge on any atom is -0.206 e. The van der Waals surface area contributed by atoms with Crippen LogP contribution in [0.2, 0.25) is 0 Å². The molecule has 0 heterocycles. The van der Waals surface area contributed by atoms with Gasteiger partial charge in [0.25, 0.3) is 6.43 Å². The van der Waals surface area contributed by atoms with E-state index in [1.54, 1.807) is 6.92 Å². The Hall–Kier alpha value is -1.50. The van der Waals surface area contributed by atoms with Crippen LogP contribution in [0.5, 0.6) is 0 Å². The molecule has 0 aliphatic heterocycles. The van der Waals surface area contributed by atoms with Crippen molar-refractivity contribution in [2.24, 2.45) is 0 Å². The van der Waals surface area contributed by atoms with E-state index in [1.807, 2.05) is 6.07 Å². The molecule has 0 radical (unpaired) electrons. The molecule has 1 aromatic rings. The van der Waals surface area contributed by atoms with Crippen molar-refractivity contribution in [1.29, 1.82) is 5.26 Å². The van der Waals surface area contributed by atoms with Crippen LogP contribution in [0, 0.1) is 17.1 Å². The van der Waals surface area contributed by atoms with E-state index in [2.05, 4.69) is 0 Å². The molecular formula is C10H8F3N. The second-order valence-corrected chi connectivity index (χ2v) is 2.93. The van der Waals surface area contributed by atoms with Gasteiger partial charge < -0.3 is 0 Å². The third kappa shape index (κ3) is 2.05. The molecule has 14 heavy (non-hydrogen) atoms. The lowest BCUT2D eigenvalue weighted by atomic mass is 10.0. The van der Waals surface area contributed by atoms with Crippen molar-refractivity contribution in [3.05, 3.63) is 35.1 Å². The van der Waals surface area contributed by atoms with Crippen LogP contribution in [0.1, 0.15) is 30.4 Å². The molecule has 1 rings (SSSR count). The van der Waals surface area contributed by atoms with E-state index < -0.39 is 23.7 Å². The lowest BCUT2D eigenvalue weighted by Crippen LogP contribution is -1.96. The summed E-state index contributed by atoms with van der Waals surface area (Å²) in [6, 6.07) is 5.24. The average Bonchev–Trinajstić information content (AvgIpc) is 2.17. The Bertz CT molecular complexity index is 368. The van der Waals surface area contributed by atoms with Gasteiger partial charge in [-0.05, 0) is 24.6 Å². The first-order valence-corrected chi connectivity index (χ1v) is 4.03. The van der Waals surface area contributed by atoms with Crippen molar-refractivity contribution >= 4 is 0 Å². The van der Waals surface area contributed by atoms with E-state index in [1.165, 1.54) is 6.07 Å². The van der Waals surface area contributed by atoms with Crippen LogP contribution in [0.3, 0.4) is 0 Å². The smallest absolute Gasteiger partial charge is 0.206 e. The molecule has 4 heteroatoms. The van der Waals surface area contributed by atoms with Gasteiger partial charge in [0.15, 0.2) is 0 Å². The van der Waals surface area contributed by atoms with E-state index >= 15 is 0 Å². The van der Waals surface area contributed by atoms with Crippen molar-refractivity contribution in [2.45, 2.75) is 19.3 Å². The van der Waals surface area contributed by atoms with Crippen molar-refractivity contribution < 1.29 is 13.2 Å². The number of hydrogen-bond acceptors (Lipinski definition) is 1. The summed E-state index contributed by atoms with van der Waals surface area (Å²) in [6.07, 6.45) is -2.85. The highest BCUT2D eigenvalue weighted by atomic mass is 19.3. The fraction of sp³-hybridized carbons (Fsp3) is 0.300. The molecule has 0 N–H and O–H groups in total. The number of rotatable bonds is 2. The molecule has 0 aliphatic carbocycles. The van der Waals surface area contributed by atoms with Gasteiger partial charge >= 0.3 is 0 Å². The zero-order chi connectivity index (χ0) is 10.7. The third-order valence-corrected chi connectivity index (χ3v) is 1.95. The number of benzene rings is 1. The van der Waals surface area contributed by atoms with Gasteiger partial charge in [-0.25, -0.2) is 13.2 Å². The first-order chi connectivity index (χ1) is 6.56. The molecule has 0 spiro atoms. The summed E-state index contributed by atoms with van der Waals surface area (Å²) >= 11 is 0. The second kappa shape index (κ2) is 4.14. The summed E-state index contributed by atoms with van der Waals surface area (Å²) < 4.78 is 37.3. The van der Waals surface area contributed by atoms with Crippen LogP contribution >= 0.6 is 0 Å². The first kappa shape index (κ1) is 10.6. The van der Waals surface area contributed by atoms with Gasteiger partial charge in [-0.2, -0.15) is 5.26 Å². The number of nitriles is 1. The predicted molar refractivity (Wildman–Crippen MR) is 45.4 cm³/mol. The minimum absolute atomic E-state index is 0.407. The highest BCUT2D eigenvalue weighted by Gasteiger charge is 2.15. The SMILES string of the molecule is CC(C#N)c1ccc(F)c(C(F)F)c1. The van der Waals surface area contributed by atoms with E-state index in [0.717, 1.165) is 12.1 Å². The van der Waals surface area contributed by atoms with Gasteiger partial charge in [0.05, 0.1) is 17.6 Å². The normalized spacial score (nSPS) is 12.6. The largest absolute Gasteiger partial charge is 0.266 e. The summed E-state index contributed by atoms with van der Waals surface area (Å²) in [5, 5.41) is 8.56. The Morgan fingerprint density at radius 3 is 2.50 bits per heavy atom. The van der Waals surface area contributed by atoms with Crippen LogP contribution in [0.4, 0.5) is 13.2 Å². The van der Waals surface area contributed by atoms with Crippen molar-refractivity contribution in [2.75, 3.05) is 0 Å². The second-order valence-electron chi connectivity index (χ2n) is 2.93. The fourth-order valence-corrected chi connectivity index (χ4v) is 1.07. The predicted octanol–water partition coefficient (Wildman–Crippen LogP) is 3.39. The van der Waals surface area contributed by atoms with Gasteiger partial charge in [-0.3, -0.25) is 0 Å². The molecule has 1 unspecified atom stereocenters. The molecule has 0 saturated heterocycles. The monoisotopic (exact) mass is 199 g/mol. The lowest BCUT2D eigenvalue weighted by Gasteiger charge is -2.06. The highest BCUT2D eigenvalue weighted by molar-refractivity contribution is 5.30. The van der Waals surface area contributed by atoms with E-state index in [4.69, 9.17) is 5.26 Å². The first-order valence-electron chi connectivity index (χ1n) is 4.03. The Morgan fingerprint density at radius 1 is 1.36 bits per heavy atom. The van der Waals surface area contributed by atoms with E-state index in [-0.39, 0.29) is 0 Å². The minimum atomic E-state index is -2.85. The van der Waals surface area contributed by atoms with Crippen molar-refractivity contribution in [1.82, 2.24) is 0 Å². The molecule has 0 fully saturated rings. The molecule has 1 aromatic carbocycles. The average molecular weight is 199 g/mol. The Kier molecular flexibility index (Phi) is 3.13. The number of hydrogen-bond donors (Lipinski definition) is 0. The summed E-state index contributed by atoms with van der Waals surface area (Å²) in [5.41, 5.74) is -0.242. The van der Waals surface area contributed by atoms with Crippen LogP contribution in [0.25, 0.3) is 0 Å². The Labute approximate surface area is 79.8 Å². The van der Waals surface area contributed by atoms with Gasteiger partial charge in [0, 0.05) is 0 Å². The molecule has 0 aliphatic rings. The topological polar surface area (TPSA) is 23.8 Å². The molecule has 0 saturated carbocycles. The Balaban J connectivity index is 3.14. The quantitative estimate of drug-likeness (QED) is 0.716. The standard InChI is InChI=1S/C10H8F3N/c1-6(5-14)7-2-3-9(11)8(4-7)10(12)13/h2-4,6,10H,1H3. The van der Waals surface area contributed by atoms with Crippen LogP contribution in [-0.2, 0) is 0 Å². The summed E-state index contributed by atoms with van der Waals surface area (Å²) in [5.74, 6) is -1.44. The number of alkyl halides is 2. The lowest BCUT2D eigenvalue weighted by molar-refractivity contribution is 0.146. The van der Waals surface area contributed by atoms with Gasteiger partial charge in [-0.15, -0.1) is 0 Å². The maximum absolute atomic E-state index is 12.8. The molecule has 0 bridgehead atoms. The zero-order valence-corrected chi connectivity index (χ0v) is 7.47. The zero-order valence-electron chi connectivity index (χ0n) is 7.47. The van der Waals surface area contributed by atoms with Crippen LogP contribution < -0.4 is 0 Å². The third-order valence-electron chi connectivity index (χ3n) is 1.95. The number of nitrogens with zero attached hydrogens (tertiary/aromatic N) is 1. The summed E-state index contributed by atoms with van der Waals surface area (Å²) in [6.45, 7) is 1.57. The van der Waals surface area contributed by atoms with Gasteiger partial charge in [0.2, 0.25) is 0 Å². The van der Waals surface area contributed by atoms with Crippen molar-refractivity contribution in [3.8, 4) is 6.07 Å². The number of halogens is 3. The van der Waals surface area contributed by atoms with Gasteiger partial charge in [0.1, 0.15) is 5.82 Å². The van der Waals surface area contributed by atoms with E-state index in [0.29, 0.717) is 5.56 Å². The summed E-state index contributed by atoms with van der Waals surface area (Å²) in [7, 11) is 0. The molecule has 1 atom stereocenters. The fourth-order valence-electron chi connectivity index (χ4n) is 1.07. The summed E-state index contributed by atoms with van der Waals surface area (Å²) in [4.78, 5) is 0. The maximum atomic E-state index is 12.8. The molecule has 0 amide bonds. The van der Waals surface area contributed by atoms with Crippen molar-refractivity contribution in [3.63, 3.8) is 0 Å². The molecule has 0 aromatic heterocycles.